The summed E-state index contributed by atoms with van der Waals surface area (Å²) >= 11 is 0. The van der Waals surface area contributed by atoms with Gasteiger partial charge in [-0.3, -0.25) is 14.5 Å². The molecule has 1 atom stereocenters. The Kier molecular flexibility index (Phi) is 5.41. The molecule has 136 valence electrons. The molecule has 0 bridgehead atoms. The van der Waals surface area contributed by atoms with Crippen LogP contribution < -0.4 is 5.32 Å². The van der Waals surface area contributed by atoms with E-state index >= 15 is 0 Å². The Balaban J connectivity index is 1.87. The number of carbonyl (C=O) groups is 3. The maximum atomic E-state index is 12.8. The summed E-state index contributed by atoms with van der Waals surface area (Å²) in [6, 6.07) is 2.99. The molecule has 0 spiro atoms. The second-order valence-electron chi connectivity index (χ2n) is 5.63. The fourth-order valence-corrected chi connectivity index (χ4v) is 3.57. The van der Waals surface area contributed by atoms with E-state index in [1.165, 1.54) is 14.1 Å². The number of nitrogens with one attached hydrogen (secondary N) is 1. The number of benzene rings is 1. The first-order chi connectivity index (χ1) is 11.6. The molecule has 1 aliphatic heterocycles. The van der Waals surface area contributed by atoms with Crippen molar-refractivity contribution in [1.29, 1.82) is 0 Å². The van der Waals surface area contributed by atoms with Crippen LogP contribution in [-0.2, 0) is 19.4 Å². The largest absolute Gasteiger partial charge is 0.355 e. The predicted molar refractivity (Wildman–Crippen MR) is 85.8 cm³/mol. The van der Waals surface area contributed by atoms with Crippen molar-refractivity contribution in [3.63, 3.8) is 0 Å². The van der Waals surface area contributed by atoms with Crippen molar-refractivity contribution in [2.75, 3.05) is 26.4 Å². The highest BCUT2D eigenvalue weighted by Gasteiger charge is 2.41. The lowest BCUT2D eigenvalue weighted by molar-refractivity contribution is -0.131. The Morgan fingerprint density at radius 2 is 1.80 bits per heavy atom. The molecule has 1 aromatic rings. The van der Waals surface area contributed by atoms with E-state index in [4.69, 9.17) is 0 Å². The van der Waals surface area contributed by atoms with Crippen molar-refractivity contribution >= 4 is 27.7 Å². The van der Waals surface area contributed by atoms with Gasteiger partial charge in [-0.1, -0.05) is 0 Å². The van der Waals surface area contributed by atoms with Crippen molar-refractivity contribution < 1.29 is 27.2 Å². The molecule has 1 aromatic carbocycles. The number of amides is 4. The lowest BCUT2D eigenvalue weighted by atomic mass is 10.2. The maximum Gasteiger partial charge on any atom is 0.326 e. The first-order valence-corrected chi connectivity index (χ1v) is 9.08. The van der Waals surface area contributed by atoms with Gasteiger partial charge in [0.25, 0.3) is 5.91 Å². The molecule has 0 radical (unpaired) electrons. The van der Waals surface area contributed by atoms with Gasteiger partial charge in [0, 0.05) is 20.6 Å². The molecule has 0 aromatic heterocycles. The third-order valence-electron chi connectivity index (χ3n) is 3.92. The number of hydrogen-bond acceptors (Lipinski definition) is 5. The van der Waals surface area contributed by atoms with Gasteiger partial charge in [-0.05, 0) is 24.3 Å². The lowest BCUT2D eigenvalue weighted by Gasteiger charge is -2.15. The Morgan fingerprint density at radius 3 is 2.32 bits per heavy atom. The van der Waals surface area contributed by atoms with Gasteiger partial charge in [-0.2, -0.15) is 0 Å². The van der Waals surface area contributed by atoms with E-state index in [9.17, 15) is 27.2 Å². The summed E-state index contributed by atoms with van der Waals surface area (Å²) in [5.41, 5.74) is 0. The van der Waals surface area contributed by atoms with Crippen LogP contribution in [0.5, 0.6) is 0 Å². The number of hydrogen-bond donors (Lipinski definition) is 1. The zero-order chi connectivity index (χ0) is 18.8. The van der Waals surface area contributed by atoms with E-state index in [1.807, 2.05) is 0 Å². The fourth-order valence-electron chi connectivity index (χ4n) is 2.41. The third-order valence-corrected chi connectivity index (χ3v) is 5.65. The van der Waals surface area contributed by atoms with Crippen LogP contribution in [0.1, 0.15) is 6.42 Å². The Morgan fingerprint density at radius 1 is 1.20 bits per heavy atom. The molecule has 0 unspecified atom stereocenters. The summed E-state index contributed by atoms with van der Waals surface area (Å²) in [5, 5.41) is 2.42. The molecule has 10 heteroatoms. The SMILES string of the molecule is CN1C(=O)[C@H](CC(=O)NCCS(=O)(=O)c2ccc(F)cc2)N(C)C1=O. The minimum absolute atomic E-state index is 0.0407. The third kappa shape index (κ3) is 4.13. The number of halogens is 1. The molecule has 25 heavy (non-hydrogen) atoms. The second-order valence-corrected chi connectivity index (χ2v) is 7.74. The normalized spacial score (nSPS) is 18.0. The molecule has 2 rings (SSSR count). The van der Waals surface area contributed by atoms with Crippen LogP contribution in [0.2, 0.25) is 0 Å². The minimum Gasteiger partial charge on any atom is -0.355 e. The number of likely N-dealkylation sites (N-methyl/N-ethyl adjacent to an activating group) is 2. The smallest absolute Gasteiger partial charge is 0.326 e. The number of nitrogens with zero attached hydrogens (tertiary/aromatic N) is 2. The van der Waals surface area contributed by atoms with Crippen LogP contribution in [0.3, 0.4) is 0 Å². The number of urea groups is 1. The molecule has 1 N–H and O–H groups in total. The number of sulfone groups is 1. The van der Waals surface area contributed by atoms with E-state index in [-0.39, 0.29) is 23.6 Å². The minimum atomic E-state index is -3.66. The van der Waals surface area contributed by atoms with Crippen LogP contribution in [0.25, 0.3) is 0 Å². The topological polar surface area (TPSA) is 104 Å². The van der Waals surface area contributed by atoms with Crippen molar-refractivity contribution in [3.8, 4) is 0 Å². The number of imide groups is 1. The van der Waals surface area contributed by atoms with E-state index in [0.29, 0.717) is 0 Å². The Labute approximate surface area is 144 Å². The standard InChI is InChI=1S/C15H18FN3O5S/c1-18-12(14(21)19(2)15(18)22)9-13(20)17-7-8-25(23,24)11-5-3-10(16)4-6-11/h3-6,12H,7-9H2,1-2H3,(H,17,20)/t12-/m0/s1. The average molecular weight is 371 g/mol. The van der Waals surface area contributed by atoms with E-state index in [0.717, 1.165) is 34.1 Å². The number of rotatable bonds is 6. The summed E-state index contributed by atoms with van der Waals surface area (Å²) in [7, 11) is -0.915. The molecular weight excluding hydrogens is 353 g/mol. The fraction of sp³-hybridized carbons (Fsp3) is 0.400. The molecular formula is C15H18FN3O5S. The first kappa shape index (κ1) is 18.8. The summed E-state index contributed by atoms with van der Waals surface area (Å²) < 4.78 is 37.0. The van der Waals surface area contributed by atoms with Gasteiger partial charge in [-0.15, -0.1) is 0 Å². The Hall–Kier alpha value is -2.49. The number of carbonyl (C=O) groups excluding carboxylic acids is 3. The van der Waals surface area contributed by atoms with Crippen molar-refractivity contribution in [3.05, 3.63) is 30.1 Å². The molecule has 1 saturated heterocycles. The highest BCUT2D eigenvalue weighted by molar-refractivity contribution is 7.91. The van der Waals surface area contributed by atoms with E-state index < -0.39 is 39.5 Å². The van der Waals surface area contributed by atoms with E-state index in [2.05, 4.69) is 5.32 Å². The summed E-state index contributed by atoms with van der Waals surface area (Å²) in [6.07, 6.45) is -0.248. The summed E-state index contributed by atoms with van der Waals surface area (Å²) in [4.78, 5) is 37.4. The molecule has 4 amide bonds. The quantitative estimate of drug-likeness (QED) is 0.560. The second kappa shape index (κ2) is 7.18. The van der Waals surface area contributed by atoms with Gasteiger partial charge in [0.1, 0.15) is 11.9 Å². The zero-order valence-corrected chi connectivity index (χ0v) is 14.5. The summed E-state index contributed by atoms with van der Waals surface area (Å²) in [6.45, 7) is -0.160. The van der Waals surface area contributed by atoms with Gasteiger partial charge >= 0.3 is 6.03 Å². The zero-order valence-electron chi connectivity index (χ0n) is 13.7. The van der Waals surface area contributed by atoms with E-state index in [1.54, 1.807) is 0 Å². The van der Waals surface area contributed by atoms with Crippen LogP contribution in [0.15, 0.2) is 29.2 Å². The van der Waals surface area contributed by atoms with Gasteiger partial charge in [-0.25, -0.2) is 17.6 Å². The van der Waals surface area contributed by atoms with Crippen LogP contribution >= 0.6 is 0 Å². The molecule has 1 heterocycles. The maximum absolute atomic E-state index is 12.8. The predicted octanol–water partition coefficient (Wildman–Crippen LogP) is -0.00190. The van der Waals surface area contributed by atoms with Crippen molar-refractivity contribution in [2.45, 2.75) is 17.4 Å². The lowest BCUT2D eigenvalue weighted by Crippen LogP contribution is -2.38. The van der Waals surface area contributed by atoms with Crippen LogP contribution in [0, 0.1) is 5.82 Å². The van der Waals surface area contributed by atoms with Crippen LogP contribution in [0.4, 0.5) is 9.18 Å². The average Bonchev–Trinajstić information content (AvgIpc) is 2.73. The monoisotopic (exact) mass is 371 g/mol. The highest BCUT2D eigenvalue weighted by Crippen LogP contribution is 2.16. The molecule has 0 saturated carbocycles. The molecule has 1 fully saturated rings. The molecule has 1 aliphatic rings. The Bertz CT molecular complexity index is 794. The van der Waals surface area contributed by atoms with Gasteiger partial charge in [0.05, 0.1) is 17.1 Å². The van der Waals surface area contributed by atoms with Crippen molar-refractivity contribution in [2.24, 2.45) is 0 Å². The van der Waals surface area contributed by atoms with Gasteiger partial charge < -0.3 is 10.2 Å². The highest BCUT2D eigenvalue weighted by atomic mass is 32.2. The van der Waals surface area contributed by atoms with Gasteiger partial charge in [0.15, 0.2) is 9.84 Å². The van der Waals surface area contributed by atoms with Gasteiger partial charge in [0.2, 0.25) is 5.91 Å². The molecule has 0 aliphatic carbocycles. The molecule has 8 nitrogen and oxygen atoms in total. The first-order valence-electron chi connectivity index (χ1n) is 7.43. The van der Waals surface area contributed by atoms with Crippen LogP contribution in [-0.4, -0.2) is 68.5 Å². The van der Waals surface area contributed by atoms with Crippen molar-refractivity contribution in [1.82, 2.24) is 15.1 Å². The summed E-state index contributed by atoms with van der Waals surface area (Å²) in [5.74, 6) is -1.93.